The second kappa shape index (κ2) is 5.68. The largest absolute Gasteiger partial charge is 0.481 e. The first kappa shape index (κ1) is 15.0. The number of carboxylic acid groups (broad SMARTS) is 1. The molecule has 3 rings (SSSR count). The zero-order valence-electron chi connectivity index (χ0n) is 12.5. The summed E-state index contributed by atoms with van der Waals surface area (Å²) in [6.45, 7) is 1.93. The predicted octanol–water partition coefficient (Wildman–Crippen LogP) is 2.93. The van der Waals surface area contributed by atoms with Crippen molar-refractivity contribution in [1.82, 2.24) is 9.88 Å². The summed E-state index contributed by atoms with van der Waals surface area (Å²) in [6, 6.07) is 7.72. The van der Waals surface area contributed by atoms with Gasteiger partial charge in [-0.05, 0) is 31.9 Å². The van der Waals surface area contributed by atoms with Crippen LogP contribution in [0.15, 0.2) is 24.3 Å². The predicted molar refractivity (Wildman–Crippen MR) is 84.7 cm³/mol. The van der Waals surface area contributed by atoms with E-state index in [1.54, 1.807) is 23.3 Å². The van der Waals surface area contributed by atoms with Gasteiger partial charge in [-0.25, -0.2) is 4.98 Å². The fourth-order valence-electron chi connectivity index (χ4n) is 2.78. The second-order valence-corrected chi connectivity index (χ2v) is 6.84. The van der Waals surface area contributed by atoms with Gasteiger partial charge < -0.3 is 10.0 Å². The van der Waals surface area contributed by atoms with Crippen LogP contribution in [0.4, 0.5) is 0 Å². The van der Waals surface area contributed by atoms with Crippen LogP contribution in [0.5, 0.6) is 0 Å². The molecule has 0 saturated heterocycles. The quantitative estimate of drug-likeness (QED) is 0.941. The Labute approximate surface area is 132 Å². The Balaban J connectivity index is 1.77. The normalized spacial score (nSPS) is 22.1. The molecule has 1 aliphatic carbocycles. The zero-order chi connectivity index (χ0) is 15.9. The van der Waals surface area contributed by atoms with Gasteiger partial charge in [-0.2, -0.15) is 0 Å². The van der Waals surface area contributed by atoms with Crippen LogP contribution in [0.2, 0.25) is 0 Å². The van der Waals surface area contributed by atoms with E-state index in [4.69, 9.17) is 5.11 Å². The maximum Gasteiger partial charge on any atom is 0.307 e. The number of hydrogen-bond acceptors (Lipinski definition) is 4. The highest BCUT2D eigenvalue weighted by Crippen LogP contribution is 2.38. The highest BCUT2D eigenvalue weighted by molar-refractivity contribution is 7.18. The minimum atomic E-state index is -0.870. The van der Waals surface area contributed by atoms with Crippen molar-refractivity contribution in [1.29, 1.82) is 0 Å². The zero-order valence-corrected chi connectivity index (χ0v) is 13.3. The number of rotatable bonds is 4. The van der Waals surface area contributed by atoms with Crippen molar-refractivity contribution in [2.45, 2.75) is 25.8 Å². The molecular formula is C16H18N2O3S. The summed E-state index contributed by atoms with van der Waals surface area (Å²) in [6.07, 6.45) is 1.25. The highest BCUT2D eigenvalue weighted by Gasteiger charge is 2.43. The third-order valence-electron chi connectivity index (χ3n) is 4.51. The molecule has 0 aliphatic heterocycles. The number of hydrogen-bond donors (Lipinski definition) is 1. The Morgan fingerprint density at radius 2 is 2.00 bits per heavy atom. The lowest BCUT2D eigenvalue weighted by Crippen LogP contribution is -2.45. The maximum atomic E-state index is 12.5. The Bertz CT molecular complexity index is 694. The average Bonchev–Trinajstić information content (AvgIpc) is 2.87. The molecule has 0 spiro atoms. The first-order valence-corrected chi connectivity index (χ1v) is 8.15. The minimum Gasteiger partial charge on any atom is -0.481 e. The summed E-state index contributed by atoms with van der Waals surface area (Å²) in [4.78, 5) is 29.8. The van der Waals surface area contributed by atoms with Gasteiger partial charge in [0.25, 0.3) is 0 Å². The van der Waals surface area contributed by atoms with Crippen LogP contribution in [0.1, 0.15) is 30.8 Å². The Morgan fingerprint density at radius 1 is 1.32 bits per heavy atom. The molecular weight excluding hydrogens is 300 g/mol. The van der Waals surface area contributed by atoms with Crippen molar-refractivity contribution in [2.75, 3.05) is 7.05 Å². The molecule has 1 fully saturated rings. The van der Waals surface area contributed by atoms with Gasteiger partial charge >= 0.3 is 5.97 Å². The number of nitrogens with zero attached hydrogens (tertiary/aromatic N) is 2. The van der Waals surface area contributed by atoms with E-state index < -0.39 is 11.9 Å². The van der Waals surface area contributed by atoms with E-state index in [9.17, 15) is 9.59 Å². The molecule has 3 unspecified atom stereocenters. The van der Waals surface area contributed by atoms with Gasteiger partial charge in [0.15, 0.2) is 0 Å². The van der Waals surface area contributed by atoms with Crippen LogP contribution >= 0.6 is 11.3 Å². The van der Waals surface area contributed by atoms with Crippen molar-refractivity contribution in [3.05, 3.63) is 29.3 Å². The lowest BCUT2D eigenvalue weighted by Gasteiger charge is -2.36. The van der Waals surface area contributed by atoms with Gasteiger partial charge in [-0.1, -0.05) is 12.1 Å². The lowest BCUT2D eigenvalue weighted by molar-refractivity contribution is -0.156. The average molecular weight is 318 g/mol. The molecule has 5 nitrogen and oxygen atoms in total. The summed E-state index contributed by atoms with van der Waals surface area (Å²) in [7, 11) is 1.73. The third-order valence-corrected chi connectivity index (χ3v) is 5.71. The van der Waals surface area contributed by atoms with Gasteiger partial charge in [0, 0.05) is 7.05 Å². The number of para-hydroxylation sites is 1. The molecule has 1 aromatic heterocycles. The Morgan fingerprint density at radius 3 is 2.59 bits per heavy atom. The van der Waals surface area contributed by atoms with Crippen molar-refractivity contribution >= 4 is 33.4 Å². The SMILES string of the molecule is CC(c1nc2ccccc2s1)N(C)C(=O)C1CCC1C(=O)O. The number of amides is 1. The fourth-order valence-corrected chi connectivity index (χ4v) is 3.84. The van der Waals surface area contributed by atoms with Crippen molar-refractivity contribution in [2.24, 2.45) is 11.8 Å². The van der Waals surface area contributed by atoms with E-state index in [0.29, 0.717) is 12.8 Å². The number of carbonyl (C=O) groups excluding carboxylic acids is 1. The first-order valence-electron chi connectivity index (χ1n) is 7.34. The number of thiazole rings is 1. The van der Waals surface area contributed by atoms with E-state index in [-0.39, 0.29) is 17.9 Å². The van der Waals surface area contributed by atoms with Crippen molar-refractivity contribution in [3.63, 3.8) is 0 Å². The third kappa shape index (κ3) is 2.47. The number of fused-ring (bicyclic) bond motifs is 1. The lowest BCUT2D eigenvalue weighted by atomic mass is 9.73. The smallest absolute Gasteiger partial charge is 0.307 e. The van der Waals surface area contributed by atoms with Crippen molar-refractivity contribution < 1.29 is 14.7 Å². The summed E-state index contributed by atoms with van der Waals surface area (Å²) >= 11 is 1.57. The van der Waals surface area contributed by atoms with E-state index in [1.807, 2.05) is 31.2 Å². The number of carboxylic acids is 1. The van der Waals surface area contributed by atoms with Gasteiger partial charge in [0.05, 0.1) is 28.1 Å². The van der Waals surface area contributed by atoms with Gasteiger partial charge in [0.2, 0.25) is 5.91 Å². The molecule has 22 heavy (non-hydrogen) atoms. The van der Waals surface area contributed by atoms with Crippen LogP contribution in [-0.4, -0.2) is 33.9 Å². The summed E-state index contributed by atoms with van der Waals surface area (Å²) in [5, 5.41) is 9.98. The van der Waals surface area contributed by atoms with Crippen LogP contribution in [0.25, 0.3) is 10.2 Å². The second-order valence-electron chi connectivity index (χ2n) is 5.77. The molecule has 0 bridgehead atoms. The monoisotopic (exact) mass is 318 g/mol. The molecule has 116 valence electrons. The molecule has 1 aromatic carbocycles. The van der Waals surface area contributed by atoms with Gasteiger partial charge in [-0.15, -0.1) is 11.3 Å². The highest BCUT2D eigenvalue weighted by atomic mass is 32.1. The number of benzene rings is 1. The van der Waals surface area contributed by atoms with Crippen molar-refractivity contribution in [3.8, 4) is 0 Å². The Hall–Kier alpha value is -1.95. The van der Waals surface area contributed by atoms with E-state index in [1.165, 1.54) is 0 Å². The minimum absolute atomic E-state index is 0.0922. The molecule has 1 heterocycles. The number of aliphatic carboxylic acids is 1. The topological polar surface area (TPSA) is 70.5 Å². The summed E-state index contributed by atoms with van der Waals surface area (Å²) in [5.41, 5.74) is 0.933. The maximum absolute atomic E-state index is 12.5. The number of aromatic nitrogens is 1. The van der Waals surface area contributed by atoms with Gasteiger partial charge in [-0.3, -0.25) is 9.59 Å². The van der Waals surface area contributed by atoms with Crippen LogP contribution in [0.3, 0.4) is 0 Å². The molecule has 2 aromatic rings. The molecule has 0 radical (unpaired) electrons. The fraction of sp³-hybridized carbons (Fsp3) is 0.438. The van der Waals surface area contributed by atoms with E-state index in [2.05, 4.69) is 4.98 Å². The van der Waals surface area contributed by atoms with Crippen LogP contribution in [0, 0.1) is 11.8 Å². The summed E-state index contributed by atoms with van der Waals surface area (Å²) in [5.74, 6) is -1.88. The summed E-state index contributed by atoms with van der Waals surface area (Å²) < 4.78 is 1.09. The molecule has 6 heteroatoms. The molecule has 1 N–H and O–H groups in total. The Kier molecular flexibility index (Phi) is 3.87. The van der Waals surface area contributed by atoms with Crippen LogP contribution < -0.4 is 0 Å². The standard InChI is InChI=1S/C16H18N2O3S/c1-9(14-17-12-5-3-4-6-13(12)22-14)18(2)15(19)10-7-8-11(10)16(20)21/h3-6,9-11H,7-8H2,1-2H3,(H,20,21). The van der Waals surface area contributed by atoms with Crippen LogP contribution in [-0.2, 0) is 9.59 Å². The first-order chi connectivity index (χ1) is 10.5. The molecule has 1 saturated carbocycles. The van der Waals surface area contributed by atoms with E-state index >= 15 is 0 Å². The number of carbonyl (C=O) groups is 2. The molecule has 3 atom stereocenters. The molecule has 1 amide bonds. The van der Waals surface area contributed by atoms with Gasteiger partial charge in [0.1, 0.15) is 5.01 Å². The van der Waals surface area contributed by atoms with E-state index in [0.717, 1.165) is 15.2 Å². The molecule has 1 aliphatic rings.